The molecule has 0 bridgehead atoms. The van der Waals surface area contributed by atoms with E-state index < -0.39 is 5.91 Å². The first-order valence-corrected chi connectivity index (χ1v) is 6.06. The summed E-state index contributed by atoms with van der Waals surface area (Å²) in [6.45, 7) is 0. The minimum atomic E-state index is -0.538. The Labute approximate surface area is 114 Å². The molecule has 0 atom stereocenters. The summed E-state index contributed by atoms with van der Waals surface area (Å²) in [7, 11) is 0. The van der Waals surface area contributed by atoms with E-state index in [-0.39, 0.29) is 0 Å². The van der Waals surface area contributed by atoms with Gasteiger partial charge in [-0.25, -0.2) is 0 Å². The number of halogens is 1. The zero-order chi connectivity index (χ0) is 13.4. The van der Waals surface area contributed by atoms with Crippen LogP contribution in [0.1, 0.15) is 10.4 Å². The maximum Gasteiger partial charge on any atom is 0.252 e. The van der Waals surface area contributed by atoms with E-state index in [9.17, 15) is 4.79 Å². The lowest BCUT2D eigenvalue weighted by atomic mass is 10.2. The van der Waals surface area contributed by atoms with Crippen molar-refractivity contribution in [2.75, 3.05) is 0 Å². The molecule has 0 aliphatic heterocycles. The molecule has 2 N–H and O–H groups in total. The van der Waals surface area contributed by atoms with Crippen LogP contribution >= 0.6 is 11.6 Å². The smallest absolute Gasteiger partial charge is 0.252 e. The molecule has 0 aromatic carbocycles. The van der Waals surface area contributed by atoms with Crippen molar-refractivity contribution in [3.8, 4) is 11.3 Å². The van der Waals surface area contributed by atoms with Crippen LogP contribution in [0.5, 0.6) is 0 Å². The third-order valence-corrected chi connectivity index (χ3v) is 3.33. The number of pyridine rings is 2. The van der Waals surface area contributed by atoms with Gasteiger partial charge in [0.15, 0.2) is 0 Å². The number of aromatic nitrogens is 2. The highest BCUT2D eigenvalue weighted by molar-refractivity contribution is 6.37. The molecule has 0 radical (unpaired) electrons. The molecular weight excluding hydrogens is 262 g/mol. The summed E-state index contributed by atoms with van der Waals surface area (Å²) >= 11 is 6.33. The van der Waals surface area contributed by atoms with Crippen molar-refractivity contribution in [3.63, 3.8) is 0 Å². The average Bonchev–Trinajstić information content (AvgIpc) is 2.71. The Kier molecular flexibility index (Phi) is 2.72. The summed E-state index contributed by atoms with van der Waals surface area (Å²) in [4.78, 5) is 15.7. The summed E-state index contributed by atoms with van der Waals surface area (Å²) in [5.41, 5.74) is 8.00. The van der Waals surface area contributed by atoms with Crippen LogP contribution in [0.3, 0.4) is 0 Å². The molecule has 1 amide bonds. The van der Waals surface area contributed by atoms with Crippen molar-refractivity contribution in [2.24, 2.45) is 5.73 Å². The largest absolute Gasteiger partial charge is 0.365 e. The van der Waals surface area contributed by atoms with E-state index in [1.807, 2.05) is 40.9 Å². The van der Waals surface area contributed by atoms with Gasteiger partial charge in [0.25, 0.3) is 5.91 Å². The summed E-state index contributed by atoms with van der Waals surface area (Å²) in [5, 5.41) is 0.353. The molecule has 5 heteroatoms. The fraction of sp³-hybridized carbons (Fsp3) is 0. The van der Waals surface area contributed by atoms with E-state index in [1.165, 1.54) is 0 Å². The van der Waals surface area contributed by atoms with E-state index in [0.29, 0.717) is 16.1 Å². The molecule has 0 saturated heterocycles. The van der Waals surface area contributed by atoms with Gasteiger partial charge in [0.2, 0.25) is 0 Å². The normalized spacial score (nSPS) is 10.8. The van der Waals surface area contributed by atoms with Crippen LogP contribution in [0.4, 0.5) is 0 Å². The highest BCUT2D eigenvalue weighted by Gasteiger charge is 2.21. The first kappa shape index (κ1) is 11.7. The van der Waals surface area contributed by atoms with Crippen LogP contribution in [-0.4, -0.2) is 15.3 Å². The number of hydrogen-bond acceptors (Lipinski definition) is 2. The van der Waals surface area contributed by atoms with Crippen LogP contribution in [-0.2, 0) is 0 Å². The van der Waals surface area contributed by atoms with Crippen molar-refractivity contribution in [1.29, 1.82) is 0 Å². The summed E-state index contributed by atoms with van der Waals surface area (Å²) in [5.74, 6) is -0.538. The molecule has 0 spiro atoms. The Morgan fingerprint density at radius 1 is 1.26 bits per heavy atom. The van der Waals surface area contributed by atoms with Crippen LogP contribution in [0.25, 0.3) is 16.8 Å². The summed E-state index contributed by atoms with van der Waals surface area (Å²) < 4.78 is 1.85. The Morgan fingerprint density at radius 2 is 2.11 bits per heavy atom. The molecule has 0 aliphatic carbocycles. The van der Waals surface area contributed by atoms with Crippen molar-refractivity contribution in [3.05, 3.63) is 59.5 Å². The average molecular weight is 272 g/mol. The molecule has 3 aromatic heterocycles. The molecule has 3 aromatic rings. The van der Waals surface area contributed by atoms with Gasteiger partial charge < -0.3 is 10.1 Å². The van der Waals surface area contributed by atoms with Gasteiger partial charge in [0, 0.05) is 24.2 Å². The maximum atomic E-state index is 11.6. The second kappa shape index (κ2) is 4.40. The van der Waals surface area contributed by atoms with Crippen molar-refractivity contribution in [1.82, 2.24) is 9.38 Å². The van der Waals surface area contributed by atoms with Gasteiger partial charge in [0.1, 0.15) is 0 Å². The minimum absolute atomic E-state index is 0.334. The van der Waals surface area contributed by atoms with E-state index in [0.717, 1.165) is 11.3 Å². The van der Waals surface area contributed by atoms with Crippen molar-refractivity contribution >= 4 is 23.0 Å². The molecular formula is C14H10ClN3O. The lowest BCUT2D eigenvalue weighted by Gasteiger charge is -2.02. The molecule has 3 rings (SSSR count). The van der Waals surface area contributed by atoms with Gasteiger partial charge >= 0.3 is 0 Å². The fourth-order valence-electron chi connectivity index (χ4n) is 2.18. The first-order valence-electron chi connectivity index (χ1n) is 5.69. The number of carbonyl (C=O) groups excluding carboxylic acids is 1. The summed E-state index contributed by atoms with van der Waals surface area (Å²) in [6.07, 6.45) is 5.23. The molecule has 4 nitrogen and oxygen atoms in total. The molecule has 94 valence electrons. The van der Waals surface area contributed by atoms with Crippen molar-refractivity contribution < 1.29 is 4.79 Å². The standard InChI is InChI=1S/C14H10ClN3O/c15-12-11(14(16)19)10-5-1-2-7-18(10)13(12)9-4-3-6-17-8-9/h1-8H,(H2,16,19). The van der Waals surface area contributed by atoms with E-state index in [4.69, 9.17) is 17.3 Å². The van der Waals surface area contributed by atoms with Gasteiger partial charge in [-0.05, 0) is 24.3 Å². The van der Waals surface area contributed by atoms with Gasteiger partial charge in [-0.3, -0.25) is 9.78 Å². The number of nitrogens with zero attached hydrogens (tertiary/aromatic N) is 2. The molecule has 0 aliphatic rings. The first-order chi connectivity index (χ1) is 9.20. The Bertz CT molecular complexity index is 765. The summed E-state index contributed by atoms with van der Waals surface area (Å²) in [6, 6.07) is 9.22. The zero-order valence-electron chi connectivity index (χ0n) is 9.88. The number of primary amides is 1. The maximum absolute atomic E-state index is 11.6. The highest BCUT2D eigenvalue weighted by atomic mass is 35.5. The third-order valence-electron chi connectivity index (χ3n) is 2.97. The number of nitrogens with two attached hydrogens (primary N) is 1. The topological polar surface area (TPSA) is 60.4 Å². The van der Waals surface area contributed by atoms with Gasteiger partial charge in [-0.1, -0.05) is 17.7 Å². The third kappa shape index (κ3) is 1.77. The van der Waals surface area contributed by atoms with Gasteiger partial charge in [-0.2, -0.15) is 0 Å². The molecule has 0 fully saturated rings. The second-order valence-corrected chi connectivity index (χ2v) is 4.48. The fourth-order valence-corrected chi connectivity index (χ4v) is 2.57. The van der Waals surface area contributed by atoms with Gasteiger partial charge in [0.05, 0.1) is 21.8 Å². The Balaban J connectivity index is 2.43. The lowest BCUT2D eigenvalue weighted by Crippen LogP contribution is -2.10. The predicted molar refractivity (Wildman–Crippen MR) is 74.2 cm³/mol. The Morgan fingerprint density at radius 3 is 2.79 bits per heavy atom. The number of carbonyl (C=O) groups is 1. The number of rotatable bonds is 2. The Hall–Kier alpha value is -2.33. The number of amides is 1. The van der Waals surface area contributed by atoms with Gasteiger partial charge in [-0.15, -0.1) is 0 Å². The monoisotopic (exact) mass is 271 g/mol. The van der Waals surface area contributed by atoms with Crippen LogP contribution < -0.4 is 5.73 Å². The predicted octanol–water partition coefficient (Wildman–Crippen LogP) is 2.75. The van der Waals surface area contributed by atoms with E-state index in [2.05, 4.69) is 4.98 Å². The van der Waals surface area contributed by atoms with E-state index >= 15 is 0 Å². The molecule has 19 heavy (non-hydrogen) atoms. The van der Waals surface area contributed by atoms with Crippen LogP contribution in [0, 0.1) is 0 Å². The van der Waals surface area contributed by atoms with Crippen LogP contribution in [0.15, 0.2) is 48.9 Å². The quantitative estimate of drug-likeness (QED) is 0.779. The zero-order valence-corrected chi connectivity index (χ0v) is 10.6. The molecule has 0 unspecified atom stereocenters. The van der Waals surface area contributed by atoms with Crippen molar-refractivity contribution in [2.45, 2.75) is 0 Å². The van der Waals surface area contributed by atoms with E-state index in [1.54, 1.807) is 12.4 Å². The lowest BCUT2D eigenvalue weighted by molar-refractivity contribution is 0.100. The minimum Gasteiger partial charge on any atom is -0.365 e. The van der Waals surface area contributed by atoms with Crippen LogP contribution in [0.2, 0.25) is 5.02 Å². The second-order valence-electron chi connectivity index (χ2n) is 4.10. The highest BCUT2D eigenvalue weighted by Crippen LogP contribution is 2.35. The number of hydrogen-bond donors (Lipinski definition) is 1. The molecule has 3 heterocycles. The molecule has 0 saturated carbocycles. The number of fused-ring (bicyclic) bond motifs is 1. The SMILES string of the molecule is NC(=O)c1c(Cl)c(-c2cccnc2)n2ccccc12.